The highest BCUT2D eigenvalue weighted by molar-refractivity contribution is 6.01. The summed E-state index contributed by atoms with van der Waals surface area (Å²) >= 11 is 0. The first-order chi connectivity index (χ1) is 9.10. The van der Waals surface area contributed by atoms with Crippen molar-refractivity contribution in [2.75, 3.05) is 0 Å². The Kier molecular flexibility index (Phi) is 4.04. The lowest BCUT2D eigenvalue weighted by atomic mass is 10.1. The molecule has 1 fully saturated rings. The average Bonchev–Trinajstić information content (AvgIpc) is 3.21. The molecule has 0 aromatic heterocycles. The van der Waals surface area contributed by atoms with Crippen molar-refractivity contribution < 1.29 is 10.0 Å². The van der Waals surface area contributed by atoms with Gasteiger partial charge in [-0.3, -0.25) is 4.79 Å². The van der Waals surface area contributed by atoms with E-state index in [1.165, 1.54) is 12.8 Å². The molecule has 0 aliphatic heterocycles. The standard InChI is InChI=1S/C14H19N3O2/c1-9(7-10-5-6-10)16-14(18)12-4-2-3-11(8-12)13(15)17-19/h2-4,8-10,19H,5-7H2,1H3,(H2,15,17)(H,16,18). The van der Waals surface area contributed by atoms with E-state index in [1.54, 1.807) is 24.3 Å². The Balaban J connectivity index is 2.01. The predicted octanol–water partition coefficient (Wildman–Crippen LogP) is 1.70. The van der Waals surface area contributed by atoms with E-state index in [9.17, 15) is 4.79 Å². The largest absolute Gasteiger partial charge is 0.409 e. The SMILES string of the molecule is CC(CC1CC1)NC(=O)c1cccc(C(N)=NO)c1. The summed E-state index contributed by atoms with van der Waals surface area (Å²) in [5, 5.41) is 14.5. The first-order valence-electron chi connectivity index (χ1n) is 6.49. The van der Waals surface area contributed by atoms with Gasteiger partial charge >= 0.3 is 0 Å². The molecular weight excluding hydrogens is 242 g/mol. The van der Waals surface area contributed by atoms with Gasteiger partial charge in [-0.05, 0) is 31.4 Å². The van der Waals surface area contributed by atoms with E-state index in [2.05, 4.69) is 10.5 Å². The Labute approximate surface area is 112 Å². The van der Waals surface area contributed by atoms with Crippen LogP contribution in [0.2, 0.25) is 0 Å². The van der Waals surface area contributed by atoms with Gasteiger partial charge in [0.25, 0.3) is 5.91 Å². The number of carbonyl (C=O) groups is 1. The molecule has 1 aliphatic rings. The number of benzene rings is 1. The van der Waals surface area contributed by atoms with Crippen molar-refractivity contribution in [2.24, 2.45) is 16.8 Å². The van der Waals surface area contributed by atoms with Crippen LogP contribution < -0.4 is 11.1 Å². The second kappa shape index (κ2) is 5.73. The smallest absolute Gasteiger partial charge is 0.251 e. The summed E-state index contributed by atoms with van der Waals surface area (Å²) in [4.78, 5) is 12.1. The summed E-state index contributed by atoms with van der Waals surface area (Å²) in [5.41, 5.74) is 6.56. The maximum absolute atomic E-state index is 12.1. The molecular formula is C14H19N3O2. The van der Waals surface area contributed by atoms with Gasteiger partial charge in [-0.2, -0.15) is 0 Å². The lowest BCUT2D eigenvalue weighted by molar-refractivity contribution is 0.0937. The molecule has 0 bridgehead atoms. The normalized spacial score (nSPS) is 17.0. The van der Waals surface area contributed by atoms with E-state index < -0.39 is 0 Å². The number of carbonyl (C=O) groups excluding carboxylic acids is 1. The fraction of sp³-hybridized carbons (Fsp3) is 0.429. The van der Waals surface area contributed by atoms with Crippen molar-refractivity contribution >= 4 is 11.7 Å². The van der Waals surface area contributed by atoms with Crippen LogP contribution in [-0.2, 0) is 0 Å². The van der Waals surface area contributed by atoms with Gasteiger partial charge in [0.1, 0.15) is 0 Å². The summed E-state index contributed by atoms with van der Waals surface area (Å²) in [5.74, 6) is 0.653. The molecule has 0 radical (unpaired) electrons. The molecule has 2 rings (SSSR count). The monoisotopic (exact) mass is 261 g/mol. The lowest BCUT2D eigenvalue weighted by Gasteiger charge is -2.13. The number of hydrogen-bond acceptors (Lipinski definition) is 3. The molecule has 1 aliphatic carbocycles. The van der Waals surface area contributed by atoms with Gasteiger partial charge in [0.05, 0.1) is 0 Å². The Morgan fingerprint density at radius 1 is 1.53 bits per heavy atom. The Morgan fingerprint density at radius 3 is 2.84 bits per heavy atom. The number of amidine groups is 1. The van der Waals surface area contributed by atoms with Gasteiger partial charge in [-0.1, -0.05) is 30.1 Å². The third-order valence-corrected chi connectivity index (χ3v) is 3.29. The van der Waals surface area contributed by atoms with Crippen LogP contribution in [0, 0.1) is 5.92 Å². The quantitative estimate of drug-likeness (QED) is 0.326. The maximum atomic E-state index is 12.1. The fourth-order valence-electron chi connectivity index (χ4n) is 2.10. The van der Waals surface area contributed by atoms with Gasteiger partial charge in [-0.15, -0.1) is 0 Å². The fourth-order valence-corrected chi connectivity index (χ4v) is 2.10. The van der Waals surface area contributed by atoms with E-state index in [0.29, 0.717) is 11.1 Å². The highest BCUT2D eigenvalue weighted by atomic mass is 16.4. The number of nitrogens with one attached hydrogen (secondary N) is 1. The lowest BCUT2D eigenvalue weighted by Crippen LogP contribution is -2.33. The topological polar surface area (TPSA) is 87.7 Å². The number of amides is 1. The molecule has 5 nitrogen and oxygen atoms in total. The zero-order valence-electron chi connectivity index (χ0n) is 11.0. The summed E-state index contributed by atoms with van der Waals surface area (Å²) in [6.45, 7) is 2.02. The number of oxime groups is 1. The second-order valence-electron chi connectivity index (χ2n) is 5.12. The van der Waals surface area contributed by atoms with Crippen molar-refractivity contribution in [3.8, 4) is 0 Å². The molecule has 1 aromatic carbocycles. The van der Waals surface area contributed by atoms with Crippen LogP contribution >= 0.6 is 0 Å². The van der Waals surface area contributed by atoms with Crippen molar-refractivity contribution in [1.29, 1.82) is 0 Å². The minimum Gasteiger partial charge on any atom is -0.409 e. The Morgan fingerprint density at radius 2 is 2.21 bits per heavy atom. The minimum absolute atomic E-state index is 0.000629. The minimum atomic E-state index is -0.124. The van der Waals surface area contributed by atoms with E-state index in [1.807, 2.05) is 6.92 Å². The van der Waals surface area contributed by atoms with Crippen LogP contribution in [0.15, 0.2) is 29.4 Å². The van der Waals surface area contributed by atoms with Gasteiger partial charge in [0, 0.05) is 17.2 Å². The molecule has 102 valence electrons. The van der Waals surface area contributed by atoms with E-state index >= 15 is 0 Å². The number of hydrogen-bond donors (Lipinski definition) is 3. The van der Waals surface area contributed by atoms with Crippen LogP contribution in [0.4, 0.5) is 0 Å². The molecule has 0 spiro atoms. The molecule has 1 aromatic rings. The maximum Gasteiger partial charge on any atom is 0.251 e. The number of rotatable bonds is 5. The molecule has 4 N–H and O–H groups in total. The van der Waals surface area contributed by atoms with Crippen LogP contribution in [0.3, 0.4) is 0 Å². The first kappa shape index (κ1) is 13.4. The molecule has 0 saturated heterocycles. The molecule has 1 atom stereocenters. The van der Waals surface area contributed by atoms with E-state index in [0.717, 1.165) is 12.3 Å². The highest BCUT2D eigenvalue weighted by Gasteiger charge is 2.24. The Hall–Kier alpha value is -2.04. The summed E-state index contributed by atoms with van der Waals surface area (Å²) in [6.07, 6.45) is 3.59. The Bertz CT molecular complexity index is 495. The zero-order valence-corrected chi connectivity index (χ0v) is 11.0. The molecule has 5 heteroatoms. The van der Waals surface area contributed by atoms with Gasteiger partial charge in [0.15, 0.2) is 5.84 Å². The third kappa shape index (κ3) is 3.71. The zero-order chi connectivity index (χ0) is 13.8. The van der Waals surface area contributed by atoms with Crippen molar-refractivity contribution in [3.63, 3.8) is 0 Å². The van der Waals surface area contributed by atoms with Crippen molar-refractivity contribution in [3.05, 3.63) is 35.4 Å². The number of nitrogens with zero attached hydrogens (tertiary/aromatic N) is 1. The third-order valence-electron chi connectivity index (χ3n) is 3.29. The molecule has 0 heterocycles. The van der Waals surface area contributed by atoms with Gasteiger partial charge in [-0.25, -0.2) is 0 Å². The summed E-state index contributed by atoms with van der Waals surface area (Å²) in [7, 11) is 0. The van der Waals surface area contributed by atoms with Crippen molar-refractivity contribution in [1.82, 2.24) is 5.32 Å². The van der Waals surface area contributed by atoms with Crippen LogP contribution in [0.25, 0.3) is 0 Å². The summed E-state index contributed by atoms with van der Waals surface area (Å²) < 4.78 is 0. The van der Waals surface area contributed by atoms with Crippen LogP contribution in [0.1, 0.15) is 42.1 Å². The average molecular weight is 261 g/mol. The molecule has 1 amide bonds. The first-order valence-corrected chi connectivity index (χ1v) is 6.49. The van der Waals surface area contributed by atoms with Gasteiger partial charge < -0.3 is 16.3 Å². The van der Waals surface area contributed by atoms with E-state index in [-0.39, 0.29) is 17.8 Å². The number of nitrogens with two attached hydrogens (primary N) is 1. The summed E-state index contributed by atoms with van der Waals surface area (Å²) in [6, 6.07) is 6.92. The van der Waals surface area contributed by atoms with Crippen molar-refractivity contribution in [2.45, 2.75) is 32.2 Å². The highest BCUT2D eigenvalue weighted by Crippen LogP contribution is 2.33. The van der Waals surface area contributed by atoms with Gasteiger partial charge in [0.2, 0.25) is 0 Å². The predicted molar refractivity (Wildman–Crippen MR) is 73.2 cm³/mol. The molecule has 1 saturated carbocycles. The molecule has 1 unspecified atom stereocenters. The van der Waals surface area contributed by atoms with Crippen LogP contribution in [0.5, 0.6) is 0 Å². The second-order valence-corrected chi connectivity index (χ2v) is 5.12. The molecule has 19 heavy (non-hydrogen) atoms. The van der Waals surface area contributed by atoms with Crippen LogP contribution in [-0.4, -0.2) is 23.0 Å². The van der Waals surface area contributed by atoms with E-state index in [4.69, 9.17) is 10.9 Å².